The standard InChI is InChI=1S/C18H14ClN3O2/c1-22-10-9-20-17(22)16(23)12-5-7-15(8-6-12)21-18(24)13-3-2-4-14(19)11-13/h2-11H,1H3,(H,21,24). The first-order valence-electron chi connectivity index (χ1n) is 7.23. The minimum atomic E-state index is -0.263. The summed E-state index contributed by atoms with van der Waals surface area (Å²) in [6, 6.07) is 13.4. The van der Waals surface area contributed by atoms with Crippen LogP contribution in [0.25, 0.3) is 0 Å². The number of nitrogens with zero attached hydrogens (tertiary/aromatic N) is 2. The van der Waals surface area contributed by atoms with E-state index in [-0.39, 0.29) is 11.7 Å². The zero-order valence-electron chi connectivity index (χ0n) is 12.9. The second-order valence-corrected chi connectivity index (χ2v) is 5.67. The molecule has 0 aliphatic rings. The Labute approximate surface area is 143 Å². The van der Waals surface area contributed by atoms with Gasteiger partial charge in [0.05, 0.1) is 0 Å². The fourth-order valence-corrected chi connectivity index (χ4v) is 2.44. The molecule has 1 aromatic heterocycles. The molecule has 1 amide bonds. The molecule has 0 fully saturated rings. The molecule has 5 nitrogen and oxygen atoms in total. The summed E-state index contributed by atoms with van der Waals surface area (Å²) < 4.78 is 1.66. The molecule has 1 N–H and O–H groups in total. The van der Waals surface area contributed by atoms with Crippen LogP contribution in [0, 0.1) is 0 Å². The van der Waals surface area contributed by atoms with Gasteiger partial charge in [-0.25, -0.2) is 4.98 Å². The molecule has 3 aromatic rings. The van der Waals surface area contributed by atoms with Crippen LogP contribution in [0.1, 0.15) is 26.5 Å². The summed E-state index contributed by atoms with van der Waals surface area (Å²) in [4.78, 5) is 28.5. The summed E-state index contributed by atoms with van der Waals surface area (Å²) in [6.07, 6.45) is 3.29. The Kier molecular flexibility index (Phi) is 4.44. The van der Waals surface area contributed by atoms with Crippen molar-refractivity contribution in [2.24, 2.45) is 7.05 Å². The fourth-order valence-electron chi connectivity index (χ4n) is 2.25. The largest absolute Gasteiger partial charge is 0.331 e. The molecule has 0 saturated heterocycles. The van der Waals surface area contributed by atoms with Crippen LogP contribution in [0.4, 0.5) is 5.69 Å². The number of carbonyl (C=O) groups is 2. The van der Waals surface area contributed by atoms with Crippen molar-refractivity contribution in [2.45, 2.75) is 0 Å². The van der Waals surface area contributed by atoms with Gasteiger partial charge in [-0.3, -0.25) is 9.59 Å². The molecule has 2 aromatic carbocycles. The second-order valence-electron chi connectivity index (χ2n) is 5.23. The SMILES string of the molecule is Cn1ccnc1C(=O)c1ccc(NC(=O)c2cccc(Cl)c2)cc1. The van der Waals surface area contributed by atoms with Crippen LogP contribution >= 0.6 is 11.6 Å². The minimum absolute atomic E-state index is 0.171. The van der Waals surface area contributed by atoms with E-state index in [1.54, 1.807) is 72.5 Å². The molecule has 1 heterocycles. The fraction of sp³-hybridized carbons (Fsp3) is 0.0556. The van der Waals surface area contributed by atoms with Crippen LogP contribution in [0.5, 0.6) is 0 Å². The van der Waals surface area contributed by atoms with Gasteiger partial charge < -0.3 is 9.88 Å². The van der Waals surface area contributed by atoms with Crippen LogP contribution in [0.3, 0.4) is 0 Å². The zero-order chi connectivity index (χ0) is 17.1. The lowest BCUT2D eigenvalue weighted by Crippen LogP contribution is -2.12. The molecule has 0 saturated carbocycles. The third kappa shape index (κ3) is 3.36. The quantitative estimate of drug-likeness (QED) is 0.739. The molecule has 120 valence electrons. The van der Waals surface area contributed by atoms with Gasteiger partial charge in [-0.05, 0) is 42.5 Å². The molecule has 3 rings (SSSR count). The normalized spacial score (nSPS) is 10.4. The van der Waals surface area contributed by atoms with Gasteiger partial charge >= 0.3 is 0 Å². The lowest BCUT2D eigenvalue weighted by atomic mass is 10.1. The summed E-state index contributed by atoms with van der Waals surface area (Å²) in [5, 5.41) is 3.27. The van der Waals surface area contributed by atoms with Crippen LogP contribution in [-0.2, 0) is 7.05 Å². The zero-order valence-corrected chi connectivity index (χ0v) is 13.6. The number of aryl methyl sites for hydroxylation is 1. The van der Waals surface area contributed by atoms with Crippen molar-refractivity contribution in [3.63, 3.8) is 0 Å². The monoisotopic (exact) mass is 339 g/mol. The summed E-state index contributed by atoms with van der Waals surface area (Å²) >= 11 is 5.88. The molecular weight excluding hydrogens is 326 g/mol. The van der Waals surface area contributed by atoms with Gasteiger partial charge in [0, 0.05) is 41.3 Å². The number of halogens is 1. The van der Waals surface area contributed by atoms with E-state index in [1.165, 1.54) is 0 Å². The second kappa shape index (κ2) is 6.68. The van der Waals surface area contributed by atoms with Crippen LogP contribution in [0.2, 0.25) is 5.02 Å². The third-order valence-corrected chi connectivity index (χ3v) is 3.75. The molecule has 0 radical (unpaired) electrons. The number of imidazole rings is 1. The van der Waals surface area contributed by atoms with Crippen LogP contribution in [-0.4, -0.2) is 21.2 Å². The van der Waals surface area contributed by atoms with E-state index in [4.69, 9.17) is 11.6 Å². The van der Waals surface area contributed by atoms with Crippen molar-refractivity contribution in [1.29, 1.82) is 0 Å². The lowest BCUT2D eigenvalue weighted by Gasteiger charge is -2.07. The number of amides is 1. The van der Waals surface area contributed by atoms with Gasteiger partial charge in [-0.15, -0.1) is 0 Å². The number of anilines is 1. The summed E-state index contributed by atoms with van der Waals surface area (Å²) in [7, 11) is 1.76. The topological polar surface area (TPSA) is 64.0 Å². The van der Waals surface area contributed by atoms with Gasteiger partial charge in [0.25, 0.3) is 5.91 Å². The highest BCUT2D eigenvalue weighted by Gasteiger charge is 2.14. The average molecular weight is 340 g/mol. The van der Waals surface area contributed by atoms with Crippen LogP contribution in [0.15, 0.2) is 60.9 Å². The van der Waals surface area contributed by atoms with Gasteiger partial charge in [-0.1, -0.05) is 17.7 Å². The number of hydrogen-bond donors (Lipinski definition) is 1. The van der Waals surface area contributed by atoms with Crippen molar-refractivity contribution in [3.05, 3.63) is 82.9 Å². The maximum Gasteiger partial charge on any atom is 0.255 e. The molecule has 0 bridgehead atoms. The number of carbonyl (C=O) groups excluding carboxylic acids is 2. The van der Waals surface area contributed by atoms with Gasteiger partial charge in [0.1, 0.15) is 0 Å². The highest BCUT2D eigenvalue weighted by atomic mass is 35.5. The van der Waals surface area contributed by atoms with Crippen molar-refractivity contribution in [2.75, 3.05) is 5.32 Å². The van der Waals surface area contributed by atoms with E-state index in [2.05, 4.69) is 10.3 Å². The lowest BCUT2D eigenvalue weighted by molar-refractivity contribution is 0.102. The highest BCUT2D eigenvalue weighted by molar-refractivity contribution is 6.31. The van der Waals surface area contributed by atoms with E-state index < -0.39 is 0 Å². The first-order valence-corrected chi connectivity index (χ1v) is 7.61. The number of aromatic nitrogens is 2. The average Bonchev–Trinajstić information content (AvgIpc) is 3.01. The maximum atomic E-state index is 12.3. The Bertz CT molecular complexity index is 901. The van der Waals surface area contributed by atoms with Crippen molar-refractivity contribution < 1.29 is 9.59 Å². The smallest absolute Gasteiger partial charge is 0.255 e. The minimum Gasteiger partial charge on any atom is -0.331 e. The van der Waals surface area contributed by atoms with Gasteiger partial charge in [-0.2, -0.15) is 0 Å². The molecular formula is C18H14ClN3O2. The molecule has 0 unspecified atom stereocenters. The number of rotatable bonds is 4. The Morgan fingerprint density at radius 3 is 2.46 bits per heavy atom. The molecule has 0 aliphatic carbocycles. The molecule has 0 spiro atoms. The highest BCUT2D eigenvalue weighted by Crippen LogP contribution is 2.16. The molecule has 24 heavy (non-hydrogen) atoms. The van der Waals surface area contributed by atoms with E-state index in [0.717, 1.165) is 0 Å². The number of benzene rings is 2. The number of ketones is 1. The van der Waals surface area contributed by atoms with E-state index >= 15 is 0 Å². The van der Waals surface area contributed by atoms with E-state index in [1.807, 2.05) is 0 Å². The summed E-state index contributed by atoms with van der Waals surface area (Å²) in [5.74, 6) is -0.0680. The van der Waals surface area contributed by atoms with Crippen molar-refractivity contribution in [3.8, 4) is 0 Å². The van der Waals surface area contributed by atoms with Crippen LogP contribution < -0.4 is 5.32 Å². The maximum absolute atomic E-state index is 12.3. The van der Waals surface area contributed by atoms with Crippen molar-refractivity contribution >= 4 is 29.0 Å². The van der Waals surface area contributed by atoms with E-state index in [0.29, 0.717) is 27.7 Å². The summed E-state index contributed by atoms with van der Waals surface area (Å²) in [5.41, 5.74) is 1.57. The summed E-state index contributed by atoms with van der Waals surface area (Å²) in [6.45, 7) is 0. The first-order chi connectivity index (χ1) is 11.5. The predicted octanol–water partition coefficient (Wildman–Crippen LogP) is 3.56. The number of nitrogens with one attached hydrogen (secondary N) is 1. The Morgan fingerprint density at radius 2 is 1.83 bits per heavy atom. The number of hydrogen-bond acceptors (Lipinski definition) is 3. The predicted molar refractivity (Wildman–Crippen MR) is 92.5 cm³/mol. The van der Waals surface area contributed by atoms with E-state index in [9.17, 15) is 9.59 Å². The first kappa shape index (κ1) is 16.0. The molecule has 0 aliphatic heterocycles. The Morgan fingerprint density at radius 1 is 1.08 bits per heavy atom. The Hall–Kier alpha value is -2.92. The molecule has 6 heteroatoms. The van der Waals surface area contributed by atoms with Crippen molar-refractivity contribution in [1.82, 2.24) is 9.55 Å². The third-order valence-electron chi connectivity index (χ3n) is 3.52. The molecule has 0 atom stereocenters. The van der Waals surface area contributed by atoms with Gasteiger partial charge in [0.2, 0.25) is 5.78 Å². The van der Waals surface area contributed by atoms with Gasteiger partial charge in [0.15, 0.2) is 5.82 Å². The Balaban J connectivity index is 1.74.